The molecular formula is C18H24ClN7O4. The molecule has 3 aromatic heterocycles. The summed E-state index contributed by atoms with van der Waals surface area (Å²) in [5.74, 6) is 0.962. The molecule has 3 rings (SSSR count). The molecular weight excluding hydrogens is 414 g/mol. The molecule has 0 aromatic carbocycles. The Morgan fingerprint density at radius 3 is 2.73 bits per heavy atom. The normalized spacial score (nSPS) is 11.6. The summed E-state index contributed by atoms with van der Waals surface area (Å²) in [4.78, 5) is 20.4. The standard InChI is InChI=1S/C18H24ClN7O4/c1-5-26-10-9-11(28-8-6-7-21-17(27)29-18(2,3)4)22-14(19)12(10)23-16(26)13-15(20)25-30-24-13/h9H,5-8H2,1-4H3,(H2,20,25)(H,21,27). The monoisotopic (exact) mass is 437 g/mol. The lowest BCUT2D eigenvalue weighted by atomic mass is 10.2. The van der Waals surface area contributed by atoms with Crippen LogP contribution in [0.25, 0.3) is 22.6 Å². The Morgan fingerprint density at radius 2 is 2.10 bits per heavy atom. The quantitative estimate of drug-likeness (QED) is 0.420. The summed E-state index contributed by atoms with van der Waals surface area (Å²) >= 11 is 6.32. The minimum Gasteiger partial charge on any atom is -0.478 e. The number of halogens is 1. The molecule has 3 N–H and O–H groups in total. The molecule has 0 saturated carbocycles. The number of alkyl carbamates (subject to hydrolysis) is 1. The fourth-order valence-corrected chi connectivity index (χ4v) is 2.96. The maximum atomic E-state index is 11.6. The van der Waals surface area contributed by atoms with E-state index < -0.39 is 11.7 Å². The molecule has 0 aliphatic rings. The van der Waals surface area contributed by atoms with Gasteiger partial charge in [-0.3, -0.25) is 0 Å². The summed E-state index contributed by atoms with van der Waals surface area (Å²) in [6, 6.07) is 1.74. The summed E-state index contributed by atoms with van der Waals surface area (Å²) in [7, 11) is 0. The molecule has 0 bridgehead atoms. The Bertz CT molecular complexity index is 1040. The minimum absolute atomic E-state index is 0.137. The number of nitrogen functional groups attached to an aromatic ring is 1. The Kier molecular flexibility index (Phi) is 6.30. The van der Waals surface area contributed by atoms with E-state index in [4.69, 9.17) is 26.8 Å². The molecule has 3 aromatic rings. The molecule has 1 amide bonds. The molecule has 162 valence electrons. The maximum absolute atomic E-state index is 11.6. The highest BCUT2D eigenvalue weighted by Crippen LogP contribution is 2.31. The van der Waals surface area contributed by atoms with Gasteiger partial charge in [-0.2, -0.15) is 4.98 Å². The fraction of sp³-hybridized carbons (Fsp3) is 0.500. The number of hydrogen-bond donors (Lipinski definition) is 2. The number of carbonyl (C=O) groups excluding carboxylic acids is 1. The average molecular weight is 438 g/mol. The molecule has 12 heteroatoms. The van der Waals surface area contributed by atoms with Crippen LogP contribution in [0.2, 0.25) is 5.15 Å². The zero-order valence-electron chi connectivity index (χ0n) is 17.2. The van der Waals surface area contributed by atoms with E-state index in [-0.39, 0.29) is 11.0 Å². The number of anilines is 1. The summed E-state index contributed by atoms with van der Waals surface area (Å²) in [5, 5.41) is 10.3. The fourth-order valence-electron chi connectivity index (χ4n) is 2.74. The molecule has 3 heterocycles. The van der Waals surface area contributed by atoms with Gasteiger partial charge in [-0.1, -0.05) is 11.6 Å². The third kappa shape index (κ3) is 4.90. The Balaban J connectivity index is 1.68. The van der Waals surface area contributed by atoms with Crippen molar-refractivity contribution in [2.75, 3.05) is 18.9 Å². The van der Waals surface area contributed by atoms with Crippen molar-refractivity contribution in [1.82, 2.24) is 30.2 Å². The van der Waals surface area contributed by atoms with Crippen LogP contribution in [0.3, 0.4) is 0 Å². The molecule has 0 aliphatic carbocycles. The van der Waals surface area contributed by atoms with E-state index in [1.807, 2.05) is 11.5 Å². The number of aryl methyl sites for hydroxylation is 1. The van der Waals surface area contributed by atoms with Gasteiger partial charge in [0.05, 0.1) is 12.1 Å². The summed E-state index contributed by atoms with van der Waals surface area (Å²) in [5.41, 5.74) is 6.81. The molecule has 0 spiro atoms. The third-order valence-corrected chi connectivity index (χ3v) is 4.22. The number of rotatable bonds is 7. The molecule has 0 atom stereocenters. The van der Waals surface area contributed by atoms with Crippen molar-refractivity contribution >= 4 is 34.5 Å². The molecule has 0 saturated heterocycles. The van der Waals surface area contributed by atoms with Gasteiger partial charge in [-0.15, -0.1) is 0 Å². The van der Waals surface area contributed by atoms with Gasteiger partial charge in [0, 0.05) is 19.2 Å². The number of nitrogens with zero attached hydrogens (tertiary/aromatic N) is 5. The van der Waals surface area contributed by atoms with E-state index in [9.17, 15) is 4.79 Å². The van der Waals surface area contributed by atoms with Crippen molar-refractivity contribution in [2.45, 2.75) is 46.3 Å². The van der Waals surface area contributed by atoms with Crippen LogP contribution in [0.1, 0.15) is 34.1 Å². The van der Waals surface area contributed by atoms with Crippen molar-refractivity contribution in [2.24, 2.45) is 0 Å². The first-order valence-electron chi connectivity index (χ1n) is 9.44. The van der Waals surface area contributed by atoms with Crippen LogP contribution < -0.4 is 15.8 Å². The van der Waals surface area contributed by atoms with Gasteiger partial charge < -0.3 is 25.1 Å². The van der Waals surface area contributed by atoms with E-state index in [1.165, 1.54) is 0 Å². The largest absolute Gasteiger partial charge is 0.478 e. The first-order chi connectivity index (χ1) is 14.2. The number of amides is 1. The van der Waals surface area contributed by atoms with Crippen molar-refractivity contribution in [1.29, 1.82) is 0 Å². The maximum Gasteiger partial charge on any atom is 0.407 e. The van der Waals surface area contributed by atoms with Gasteiger partial charge in [0.1, 0.15) is 11.1 Å². The molecule has 0 aliphatic heterocycles. The second kappa shape index (κ2) is 8.74. The van der Waals surface area contributed by atoms with E-state index in [1.54, 1.807) is 26.8 Å². The van der Waals surface area contributed by atoms with E-state index in [2.05, 4.69) is 30.2 Å². The first-order valence-corrected chi connectivity index (χ1v) is 9.82. The van der Waals surface area contributed by atoms with Crippen LogP contribution in [-0.2, 0) is 11.3 Å². The highest BCUT2D eigenvalue weighted by atomic mass is 35.5. The van der Waals surface area contributed by atoms with E-state index >= 15 is 0 Å². The van der Waals surface area contributed by atoms with Crippen LogP contribution in [0.5, 0.6) is 5.88 Å². The van der Waals surface area contributed by atoms with Gasteiger partial charge in [-0.05, 0) is 44.4 Å². The summed E-state index contributed by atoms with van der Waals surface area (Å²) in [6.45, 7) is 8.69. The van der Waals surface area contributed by atoms with Crippen LogP contribution >= 0.6 is 11.6 Å². The molecule has 0 unspecified atom stereocenters. The molecule has 0 radical (unpaired) electrons. The van der Waals surface area contributed by atoms with Crippen molar-refractivity contribution in [3.63, 3.8) is 0 Å². The number of nitrogens with one attached hydrogen (secondary N) is 1. The zero-order valence-corrected chi connectivity index (χ0v) is 18.0. The summed E-state index contributed by atoms with van der Waals surface area (Å²) < 4.78 is 17.4. The number of nitrogens with two attached hydrogens (primary N) is 1. The van der Waals surface area contributed by atoms with Crippen molar-refractivity contribution < 1.29 is 18.9 Å². The predicted octanol–water partition coefficient (Wildman–Crippen LogP) is 3.03. The van der Waals surface area contributed by atoms with Gasteiger partial charge in [0.15, 0.2) is 22.5 Å². The van der Waals surface area contributed by atoms with Crippen LogP contribution in [0.15, 0.2) is 10.7 Å². The lowest BCUT2D eigenvalue weighted by Crippen LogP contribution is -2.33. The number of hydrogen-bond acceptors (Lipinski definition) is 9. The van der Waals surface area contributed by atoms with Crippen molar-refractivity contribution in [3.8, 4) is 17.4 Å². The van der Waals surface area contributed by atoms with Gasteiger partial charge in [-0.25, -0.2) is 14.4 Å². The number of carbonyl (C=O) groups is 1. The highest BCUT2D eigenvalue weighted by molar-refractivity contribution is 6.33. The first kappa shape index (κ1) is 21.6. The lowest BCUT2D eigenvalue weighted by molar-refractivity contribution is 0.0525. The third-order valence-electron chi connectivity index (χ3n) is 3.95. The number of imidazole rings is 1. The predicted molar refractivity (Wildman–Crippen MR) is 110 cm³/mol. The number of aromatic nitrogens is 5. The number of ether oxygens (including phenoxy) is 2. The second-order valence-corrected chi connectivity index (χ2v) is 7.79. The second-order valence-electron chi connectivity index (χ2n) is 7.43. The van der Waals surface area contributed by atoms with Gasteiger partial charge >= 0.3 is 6.09 Å². The Morgan fingerprint density at radius 1 is 1.33 bits per heavy atom. The number of fused-ring (bicyclic) bond motifs is 1. The highest BCUT2D eigenvalue weighted by Gasteiger charge is 2.21. The van der Waals surface area contributed by atoms with E-state index in [0.717, 1.165) is 5.52 Å². The van der Waals surface area contributed by atoms with Crippen LogP contribution in [0.4, 0.5) is 10.6 Å². The van der Waals surface area contributed by atoms with Crippen LogP contribution in [-0.4, -0.2) is 49.7 Å². The van der Waals surface area contributed by atoms with Gasteiger partial charge in [0.25, 0.3) is 0 Å². The molecule has 0 fully saturated rings. The molecule has 30 heavy (non-hydrogen) atoms. The smallest absolute Gasteiger partial charge is 0.407 e. The Hall–Kier alpha value is -3.08. The van der Waals surface area contributed by atoms with Crippen molar-refractivity contribution in [3.05, 3.63) is 11.2 Å². The average Bonchev–Trinajstić information content (AvgIpc) is 3.23. The minimum atomic E-state index is -0.537. The SMILES string of the molecule is CCn1c(-c2nonc2N)nc2c(Cl)nc(OCCCNC(=O)OC(C)(C)C)cc21. The number of pyridine rings is 1. The van der Waals surface area contributed by atoms with Gasteiger partial charge in [0.2, 0.25) is 5.88 Å². The Labute approximate surface area is 177 Å². The zero-order chi connectivity index (χ0) is 21.9. The summed E-state index contributed by atoms with van der Waals surface area (Å²) in [6.07, 6.45) is 0.0989. The van der Waals surface area contributed by atoms with E-state index in [0.29, 0.717) is 49.0 Å². The lowest BCUT2D eigenvalue weighted by Gasteiger charge is -2.19. The molecule has 11 nitrogen and oxygen atoms in total. The topological polar surface area (TPSA) is 143 Å². The van der Waals surface area contributed by atoms with Crippen LogP contribution in [0, 0.1) is 0 Å².